The normalized spacial score (nSPS) is 13.8. The molecule has 1 unspecified atom stereocenters. The Bertz CT molecular complexity index is 349. The molecule has 3 N–H and O–H groups in total. The molecule has 0 aliphatic heterocycles. The predicted molar refractivity (Wildman–Crippen MR) is 69.9 cm³/mol. The molecule has 0 fully saturated rings. The van der Waals surface area contributed by atoms with E-state index < -0.39 is 0 Å². The second kappa shape index (κ2) is 5.61. The Morgan fingerprint density at radius 1 is 1.29 bits per heavy atom. The zero-order valence-electron chi connectivity index (χ0n) is 11.2. The number of hydrogen-bond donors (Lipinski definition) is 2. The van der Waals surface area contributed by atoms with Crippen molar-refractivity contribution in [2.45, 2.75) is 46.6 Å². The third kappa shape index (κ3) is 4.84. The van der Waals surface area contributed by atoms with E-state index in [1.807, 2.05) is 13.0 Å². The van der Waals surface area contributed by atoms with Crippen molar-refractivity contribution in [3.05, 3.63) is 35.1 Å². The molecule has 0 aliphatic rings. The first kappa shape index (κ1) is 14.1. The summed E-state index contributed by atoms with van der Waals surface area (Å²) in [5.74, 6) is 5.36. The van der Waals surface area contributed by atoms with E-state index in [4.69, 9.17) is 5.84 Å². The number of benzene rings is 1. The summed E-state index contributed by atoms with van der Waals surface area (Å²) >= 11 is 0. The Labute approximate surface area is 103 Å². The Morgan fingerprint density at radius 3 is 2.41 bits per heavy atom. The third-order valence-corrected chi connectivity index (χ3v) is 2.85. The van der Waals surface area contributed by atoms with E-state index in [9.17, 15) is 4.39 Å². The van der Waals surface area contributed by atoms with Crippen LogP contribution in [0, 0.1) is 18.2 Å². The summed E-state index contributed by atoms with van der Waals surface area (Å²) in [4.78, 5) is 0. The molecule has 0 heterocycles. The van der Waals surface area contributed by atoms with E-state index in [1.165, 1.54) is 6.07 Å². The Kier molecular flexibility index (Phi) is 4.66. The average molecular weight is 238 g/mol. The maximum absolute atomic E-state index is 13.3. The lowest BCUT2D eigenvalue weighted by atomic mass is 9.87. The summed E-state index contributed by atoms with van der Waals surface area (Å²) in [6, 6.07) is 5.08. The maximum atomic E-state index is 13.3. The van der Waals surface area contributed by atoms with E-state index in [1.54, 1.807) is 6.07 Å². The highest BCUT2D eigenvalue weighted by Crippen LogP contribution is 2.27. The molecule has 0 saturated heterocycles. The number of rotatable bonds is 4. The van der Waals surface area contributed by atoms with Crippen molar-refractivity contribution in [3.63, 3.8) is 0 Å². The van der Waals surface area contributed by atoms with Crippen LogP contribution in [0.3, 0.4) is 0 Å². The van der Waals surface area contributed by atoms with Gasteiger partial charge in [0, 0.05) is 6.04 Å². The van der Waals surface area contributed by atoms with Gasteiger partial charge in [-0.1, -0.05) is 26.8 Å². The molecular weight excluding hydrogens is 215 g/mol. The van der Waals surface area contributed by atoms with Gasteiger partial charge in [-0.25, -0.2) is 4.39 Å². The Hall–Kier alpha value is -0.930. The van der Waals surface area contributed by atoms with Gasteiger partial charge < -0.3 is 0 Å². The van der Waals surface area contributed by atoms with Crippen molar-refractivity contribution in [3.8, 4) is 0 Å². The zero-order chi connectivity index (χ0) is 13.1. The smallest absolute Gasteiger partial charge is 0.123 e. The van der Waals surface area contributed by atoms with Crippen LogP contribution in [0.2, 0.25) is 0 Å². The number of hydrogen-bond acceptors (Lipinski definition) is 2. The summed E-state index contributed by atoms with van der Waals surface area (Å²) in [7, 11) is 0. The predicted octanol–water partition coefficient (Wildman–Crippen LogP) is 3.46. The lowest BCUT2D eigenvalue weighted by molar-refractivity contribution is 0.333. The lowest BCUT2D eigenvalue weighted by Crippen LogP contribution is -2.29. The number of halogens is 1. The minimum atomic E-state index is -0.198. The maximum Gasteiger partial charge on any atom is 0.123 e. The molecule has 1 rings (SSSR count). The second-order valence-electron chi connectivity index (χ2n) is 5.88. The molecule has 1 aromatic rings. The summed E-state index contributed by atoms with van der Waals surface area (Å²) < 4.78 is 13.3. The summed E-state index contributed by atoms with van der Waals surface area (Å²) in [6.45, 7) is 8.47. The van der Waals surface area contributed by atoms with Gasteiger partial charge in [0.05, 0.1) is 0 Å². The van der Waals surface area contributed by atoms with Crippen LogP contribution in [-0.4, -0.2) is 0 Å². The fourth-order valence-corrected chi connectivity index (χ4v) is 1.89. The molecule has 1 aromatic carbocycles. The first-order chi connectivity index (χ1) is 7.81. The van der Waals surface area contributed by atoms with E-state index in [0.29, 0.717) is 0 Å². The fourth-order valence-electron chi connectivity index (χ4n) is 1.89. The standard InChI is InChI=1S/C14H23FN2/c1-10-7-11(9-12(15)8-10)13(17-16)5-6-14(2,3)4/h7-9,13,17H,5-6,16H2,1-4H3. The van der Waals surface area contributed by atoms with Crippen LogP contribution in [0.15, 0.2) is 18.2 Å². The molecule has 0 bridgehead atoms. The highest BCUT2D eigenvalue weighted by Gasteiger charge is 2.16. The van der Waals surface area contributed by atoms with Crippen molar-refractivity contribution < 1.29 is 4.39 Å². The van der Waals surface area contributed by atoms with Gasteiger partial charge in [0.1, 0.15) is 5.82 Å². The van der Waals surface area contributed by atoms with Gasteiger partial charge in [-0.2, -0.15) is 0 Å². The van der Waals surface area contributed by atoms with Crippen LogP contribution in [0.4, 0.5) is 4.39 Å². The van der Waals surface area contributed by atoms with E-state index in [-0.39, 0.29) is 17.3 Å². The minimum Gasteiger partial charge on any atom is -0.271 e. The van der Waals surface area contributed by atoms with Crippen LogP contribution in [0.5, 0.6) is 0 Å². The third-order valence-electron chi connectivity index (χ3n) is 2.85. The average Bonchev–Trinajstić information content (AvgIpc) is 2.15. The molecule has 2 nitrogen and oxygen atoms in total. The van der Waals surface area contributed by atoms with E-state index in [2.05, 4.69) is 26.2 Å². The van der Waals surface area contributed by atoms with Crippen LogP contribution in [0.25, 0.3) is 0 Å². The second-order valence-corrected chi connectivity index (χ2v) is 5.88. The number of nitrogens with two attached hydrogens (primary N) is 1. The van der Waals surface area contributed by atoms with Crippen molar-refractivity contribution >= 4 is 0 Å². The largest absolute Gasteiger partial charge is 0.271 e. The minimum absolute atomic E-state index is 0.0172. The number of nitrogens with one attached hydrogen (secondary N) is 1. The first-order valence-corrected chi connectivity index (χ1v) is 6.05. The zero-order valence-corrected chi connectivity index (χ0v) is 11.2. The SMILES string of the molecule is Cc1cc(F)cc(C(CCC(C)(C)C)NN)c1. The van der Waals surface area contributed by atoms with Crippen molar-refractivity contribution in [2.75, 3.05) is 0 Å². The van der Waals surface area contributed by atoms with Gasteiger partial charge in [0.25, 0.3) is 0 Å². The van der Waals surface area contributed by atoms with Crippen LogP contribution >= 0.6 is 0 Å². The van der Waals surface area contributed by atoms with Crippen molar-refractivity contribution in [1.29, 1.82) is 0 Å². The highest BCUT2D eigenvalue weighted by molar-refractivity contribution is 5.26. The van der Waals surface area contributed by atoms with Gasteiger partial charge in [0.2, 0.25) is 0 Å². The van der Waals surface area contributed by atoms with Gasteiger partial charge in [-0.15, -0.1) is 0 Å². The molecule has 17 heavy (non-hydrogen) atoms. The van der Waals surface area contributed by atoms with Crippen molar-refractivity contribution in [1.82, 2.24) is 5.43 Å². The lowest BCUT2D eigenvalue weighted by Gasteiger charge is -2.23. The molecular formula is C14H23FN2. The van der Waals surface area contributed by atoms with Gasteiger partial charge in [-0.05, 0) is 48.4 Å². The van der Waals surface area contributed by atoms with Gasteiger partial charge >= 0.3 is 0 Å². The molecule has 0 saturated carbocycles. The van der Waals surface area contributed by atoms with E-state index in [0.717, 1.165) is 24.0 Å². The summed E-state index contributed by atoms with van der Waals surface area (Å²) in [5.41, 5.74) is 4.89. The van der Waals surface area contributed by atoms with Gasteiger partial charge in [0.15, 0.2) is 0 Å². The molecule has 0 radical (unpaired) electrons. The Balaban J connectivity index is 2.79. The van der Waals surface area contributed by atoms with Crippen LogP contribution in [0.1, 0.15) is 50.8 Å². The molecule has 1 atom stereocenters. The number of aryl methyl sites for hydroxylation is 1. The van der Waals surface area contributed by atoms with Crippen LogP contribution < -0.4 is 11.3 Å². The fraction of sp³-hybridized carbons (Fsp3) is 0.571. The van der Waals surface area contributed by atoms with Crippen LogP contribution in [-0.2, 0) is 0 Å². The Morgan fingerprint density at radius 2 is 1.94 bits per heavy atom. The van der Waals surface area contributed by atoms with Gasteiger partial charge in [-0.3, -0.25) is 11.3 Å². The summed E-state index contributed by atoms with van der Waals surface area (Å²) in [6.07, 6.45) is 1.94. The quantitative estimate of drug-likeness (QED) is 0.622. The summed E-state index contributed by atoms with van der Waals surface area (Å²) in [5, 5.41) is 0. The van der Waals surface area contributed by atoms with Crippen molar-refractivity contribution in [2.24, 2.45) is 11.3 Å². The molecule has 0 aliphatic carbocycles. The molecule has 3 heteroatoms. The molecule has 96 valence electrons. The topological polar surface area (TPSA) is 38.0 Å². The number of hydrazine groups is 1. The molecule has 0 aromatic heterocycles. The molecule has 0 amide bonds. The first-order valence-electron chi connectivity index (χ1n) is 6.05. The van der Waals surface area contributed by atoms with E-state index >= 15 is 0 Å². The molecule has 0 spiro atoms. The highest BCUT2D eigenvalue weighted by atomic mass is 19.1. The monoisotopic (exact) mass is 238 g/mol.